The fourth-order valence-corrected chi connectivity index (χ4v) is 2.63. The van der Waals surface area contributed by atoms with E-state index in [9.17, 15) is 4.79 Å². The fourth-order valence-electron chi connectivity index (χ4n) is 2.63. The summed E-state index contributed by atoms with van der Waals surface area (Å²) in [4.78, 5) is 12.4. The van der Waals surface area contributed by atoms with Crippen molar-refractivity contribution in [2.24, 2.45) is 5.41 Å². The highest BCUT2D eigenvalue weighted by atomic mass is 16.1. The standard InChI is InChI=1S/C21H24O/c1-21(2,3)20(18-12-8-5-9-13-18)16-19(22)15-14-17-10-6-4-7-11-17/h4-15,20H,16H2,1-3H3/b15-14-/t20-/m1/s1. The molecule has 0 radical (unpaired) electrons. The second-order valence-electron chi connectivity index (χ2n) is 6.74. The van der Waals surface area contributed by atoms with Crippen LogP contribution in [0, 0.1) is 5.41 Å². The number of carbonyl (C=O) groups is 1. The van der Waals surface area contributed by atoms with Crippen LogP contribution in [0.25, 0.3) is 6.08 Å². The smallest absolute Gasteiger partial charge is 0.156 e. The van der Waals surface area contributed by atoms with Crippen molar-refractivity contribution < 1.29 is 4.79 Å². The largest absolute Gasteiger partial charge is 0.295 e. The molecule has 114 valence electrons. The monoisotopic (exact) mass is 292 g/mol. The van der Waals surface area contributed by atoms with Gasteiger partial charge in [-0.25, -0.2) is 0 Å². The number of rotatable bonds is 5. The van der Waals surface area contributed by atoms with E-state index in [-0.39, 0.29) is 17.1 Å². The molecule has 0 aromatic heterocycles. The third-order valence-electron chi connectivity index (χ3n) is 3.91. The van der Waals surface area contributed by atoms with Gasteiger partial charge < -0.3 is 0 Å². The Balaban J connectivity index is 2.11. The maximum absolute atomic E-state index is 12.4. The first-order valence-corrected chi connectivity index (χ1v) is 7.78. The lowest BCUT2D eigenvalue weighted by Gasteiger charge is -2.30. The molecule has 0 aliphatic heterocycles. The van der Waals surface area contributed by atoms with Crippen molar-refractivity contribution in [2.75, 3.05) is 0 Å². The third kappa shape index (κ3) is 4.70. The molecule has 0 amide bonds. The van der Waals surface area contributed by atoms with Gasteiger partial charge in [0.15, 0.2) is 5.78 Å². The Labute approximate surface area is 133 Å². The van der Waals surface area contributed by atoms with Crippen molar-refractivity contribution in [3.63, 3.8) is 0 Å². The highest BCUT2D eigenvalue weighted by Gasteiger charge is 2.27. The predicted molar refractivity (Wildman–Crippen MR) is 93.7 cm³/mol. The lowest BCUT2D eigenvalue weighted by molar-refractivity contribution is -0.115. The Bertz CT molecular complexity index is 618. The molecular weight excluding hydrogens is 268 g/mol. The van der Waals surface area contributed by atoms with Crippen LogP contribution in [0.3, 0.4) is 0 Å². The fraction of sp³-hybridized carbons (Fsp3) is 0.286. The molecule has 0 heterocycles. The van der Waals surface area contributed by atoms with Gasteiger partial charge in [-0.1, -0.05) is 87.5 Å². The summed E-state index contributed by atoms with van der Waals surface area (Å²) in [6.45, 7) is 6.58. The minimum Gasteiger partial charge on any atom is -0.295 e. The Kier molecular flexibility index (Phi) is 5.32. The molecule has 1 nitrogen and oxygen atoms in total. The molecule has 0 saturated carbocycles. The van der Waals surface area contributed by atoms with Crippen molar-refractivity contribution in [3.05, 3.63) is 77.9 Å². The minimum atomic E-state index is 0.0532. The average molecular weight is 292 g/mol. The summed E-state index contributed by atoms with van der Waals surface area (Å²) in [5.41, 5.74) is 2.34. The molecular formula is C21H24O. The van der Waals surface area contributed by atoms with Gasteiger partial charge in [0, 0.05) is 6.42 Å². The molecule has 1 atom stereocenters. The molecule has 0 saturated heterocycles. The van der Waals surface area contributed by atoms with Gasteiger partial charge in [0.1, 0.15) is 0 Å². The molecule has 0 aliphatic carbocycles. The molecule has 0 unspecified atom stereocenters. The summed E-state index contributed by atoms with van der Waals surface area (Å²) >= 11 is 0. The van der Waals surface area contributed by atoms with E-state index in [1.165, 1.54) is 5.56 Å². The number of hydrogen-bond donors (Lipinski definition) is 0. The van der Waals surface area contributed by atoms with E-state index in [4.69, 9.17) is 0 Å². The summed E-state index contributed by atoms with van der Waals surface area (Å²) in [6, 6.07) is 20.3. The Morgan fingerprint density at radius 2 is 1.50 bits per heavy atom. The third-order valence-corrected chi connectivity index (χ3v) is 3.91. The van der Waals surface area contributed by atoms with E-state index < -0.39 is 0 Å². The molecule has 2 aromatic carbocycles. The van der Waals surface area contributed by atoms with Gasteiger partial charge in [-0.2, -0.15) is 0 Å². The van der Waals surface area contributed by atoms with Gasteiger partial charge in [-0.05, 0) is 28.5 Å². The lowest BCUT2D eigenvalue weighted by Crippen LogP contribution is -2.21. The van der Waals surface area contributed by atoms with Gasteiger partial charge in [0.05, 0.1) is 0 Å². The number of allylic oxidation sites excluding steroid dienone is 1. The zero-order valence-electron chi connectivity index (χ0n) is 13.6. The van der Waals surface area contributed by atoms with Crippen molar-refractivity contribution in [1.82, 2.24) is 0 Å². The molecule has 1 heteroatoms. The van der Waals surface area contributed by atoms with Crippen LogP contribution in [0.5, 0.6) is 0 Å². The van der Waals surface area contributed by atoms with Crippen LogP contribution in [-0.4, -0.2) is 5.78 Å². The average Bonchev–Trinajstić information content (AvgIpc) is 2.51. The van der Waals surface area contributed by atoms with Gasteiger partial charge >= 0.3 is 0 Å². The van der Waals surface area contributed by atoms with Crippen molar-refractivity contribution in [2.45, 2.75) is 33.1 Å². The van der Waals surface area contributed by atoms with Crippen LogP contribution in [0.1, 0.15) is 44.2 Å². The van der Waals surface area contributed by atoms with Crippen LogP contribution < -0.4 is 0 Å². The van der Waals surface area contributed by atoms with E-state index in [0.717, 1.165) is 5.56 Å². The van der Waals surface area contributed by atoms with Crippen molar-refractivity contribution >= 4 is 11.9 Å². The van der Waals surface area contributed by atoms with Gasteiger partial charge in [0.25, 0.3) is 0 Å². The highest BCUT2D eigenvalue weighted by Crippen LogP contribution is 2.37. The number of benzene rings is 2. The topological polar surface area (TPSA) is 17.1 Å². The first kappa shape index (κ1) is 16.2. The normalized spacial score (nSPS) is 13.2. The minimum absolute atomic E-state index is 0.0532. The van der Waals surface area contributed by atoms with E-state index in [1.54, 1.807) is 6.08 Å². The maximum atomic E-state index is 12.4. The van der Waals surface area contributed by atoms with E-state index in [0.29, 0.717) is 6.42 Å². The Hall–Kier alpha value is -2.15. The van der Waals surface area contributed by atoms with Crippen LogP contribution in [0.15, 0.2) is 66.7 Å². The Morgan fingerprint density at radius 3 is 2.05 bits per heavy atom. The first-order chi connectivity index (χ1) is 10.5. The van der Waals surface area contributed by atoms with Crippen molar-refractivity contribution in [3.8, 4) is 0 Å². The number of ketones is 1. The molecule has 0 N–H and O–H groups in total. The summed E-state index contributed by atoms with van der Waals surface area (Å²) < 4.78 is 0. The zero-order valence-corrected chi connectivity index (χ0v) is 13.6. The second-order valence-corrected chi connectivity index (χ2v) is 6.74. The number of carbonyl (C=O) groups excluding carboxylic acids is 1. The second kappa shape index (κ2) is 7.22. The summed E-state index contributed by atoms with van der Waals surface area (Å²) in [5.74, 6) is 0.397. The van der Waals surface area contributed by atoms with Gasteiger partial charge in [-0.15, -0.1) is 0 Å². The molecule has 2 rings (SSSR count). The molecule has 0 spiro atoms. The first-order valence-electron chi connectivity index (χ1n) is 7.78. The summed E-state index contributed by atoms with van der Waals surface area (Å²) in [5, 5.41) is 0. The lowest BCUT2D eigenvalue weighted by atomic mass is 9.74. The van der Waals surface area contributed by atoms with Crippen LogP contribution in [0.2, 0.25) is 0 Å². The van der Waals surface area contributed by atoms with Crippen LogP contribution >= 0.6 is 0 Å². The quantitative estimate of drug-likeness (QED) is 0.666. The van der Waals surface area contributed by atoms with Crippen molar-refractivity contribution in [1.29, 1.82) is 0 Å². The van der Waals surface area contributed by atoms with Crippen LogP contribution in [-0.2, 0) is 4.79 Å². The highest BCUT2D eigenvalue weighted by molar-refractivity contribution is 5.94. The number of hydrogen-bond acceptors (Lipinski definition) is 1. The van der Waals surface area contributed by atoms with E-state index in [2.05, 4.69) is 32.9 Å². The molecule has 0 aliphatic rings. The Morgan fingerprint density at radius 1 is 0.955 bits per heavy atom. The van der Waals surface area contributed by atoms with E-state index >= 15 is 0 Å². The zero-order chi connectivity index (χ0) is 16.0. The maximum Gasteiger partial charge on any atom is 0.156 e. The SMILES string of the molecule is CC(C)(C)[C@H](CC(=O)/C=C\c1ccccc1)c1ccccc1. The molecule has 22 heavy (non-hydrogen) atoms. The van der Waals surface area contributed by atoms with Gasteiger partial charge in [-0.3, -0.25) is 4.79 Å². The molecule has 2 aromatic rings. The summed E-state index contributed by atoms with van der Waals surface area (Å²) in [7, 11) is 0. The van der Waals surface area contributed by atoms with E-state index in [1.807, 2.05) is 54.6 Å². The predicted octanol–water partition coefficient (Wildman–Crippen LogP) is 5.49. The van der Waals surface area contributed by atoms with Crippen LogP contribution in [0.4, 0.5) is 0 Å². The van der Waals surface area contributed by atoms with Gasteiger partial charge in [0.2, 0.25) is 0 Å². The summed E-state index contributed by atoms with van der Waals surface area (Å²) in [6.07, 6.45) is 4.14. The molecule has 0 fully saturated rings. The molecule has 0 bridgehead atoms.